The maximum atomic E-state index is 11.7. The van der Waals surface area contributed by atoms with Crippen LogP contribution in [0.2, 0.25) is 0 Å². The second-order valence-electron chi connectivity index (χ2n) is 3.13. The van der Waals surface area contributed by atoms with Gasteiger partial charge in [-0.05, 0) is 19.4 Å². The van der Waals surface area contributed by atoms with Crippen molar-refractivity contribution >= 4 is 27.0 Å². The molecule has 6 heteroatoms. The van der Waals surface area contributed by atoms with E-state index < -0.39 is 10.0 Å². The van der Waals surface area contributed by atoms with Gasteiger partial charge in [-0.3, -0.25) is 0 Å². The molecule has 0 amide bonds. The lowest BCUT2D eigenvalue weighted by molar-refractivity contribution is 0.558. The van der Waals surface area contributed by atoms with Crippen molar-refractivity contribution in [2.45, 2.75) is 30.5 Å². The quantitative estimate of drug-likeness (QED) is 0.827. The van der Waals surface area contributed by atoms with Crippen LogP contribution in [0.15, 0.2) is 15.7 Å². The molecule has 1 aromatic heterocycles. The van der Waals surface area contributed by atoms with Crippen LogP contribution >= 0.6 is 11.3 Å². The van der Waals surface area contributed by atoms with Gasteiger partial charge < -0.3 is 5.73 Å². The summed E-state index contributed by atoms with van der Waals surface area (Å²) >= 11 is 1.13. The Hall–Kier alpha value is -0.590. The predicted molar refractivity (Wildman–Crippen MR) is 58.8 cm³/mol. The summed E-state index contributed by atoms with van der Waals surface area (Å²) in [5.74, 6) is 0. The fourth-order valence-electron chi connectivity index (χ4n) is 0.877. The number of anilines is 1. The standard InChI is InChI=1S/C8H14N2O2S2/c1-3-6(2)10-14(11,12)8-4-7(9)5-13-8/h4-6,10H,3,9H2,1-2H3. The van der Waals surface area contributed by atoms with E-state index in [4.69, 9.17) is 5.73 Å². The summed E-state index contributed by atoms with van der Waals surface area (Å²) in [6, 6.07) is 1.42. The van der Waals surface area contributed by atoms with Gasteiger partial charge in [-0.1, -0.05) is 6.92 Å². The van der Waals surface area contributed by atoms with Gasteiger partial charge in [0.05, 0.1) is 0 Å². The second kappa shape index (κ2) is 4.29. The first kappa shape index (κ1) is 11.5. The van der Waals surface area contributed by atoms with Gasteiger partial charge in [0.1, 0.15) is 4.21 Å². The van der Waals surface area contributed by atoms with E-state index >= 15 is 0 Å². The van der Waals surface area contributed by atoms with Crippen LogP contribution in [0, 0.1) is 0 Å². The van der Waals surface area contributed by atoms with Crippen molar-refractivity contribution in [3.8, 4) is 0 Å². The molecule has 0 aliphatic rings. The Kier molecular flexibility index (Phi) is 3.52. The molecule has 1 rings (SSSR count). The van der Waals surface area contributed by atoms with Crippen LogP contribution in [0.4, 0.5) is 5.69 Å². The summed E-state index contributed by atoms with van der Waals surface area (Å²) in [6.07, 6.45) is 0.764. The highest BCUT2D eigenvalue weighted by Gasteiger charge is 2.17. The molecule has 14 heavy (non-hydrogen) atoms. The molecule has 80 valence electrons. The van der Waals surface area contributed by atoms with E-state index in [1.807, 2.05) is 13.8 Å². The zero-order valence-corrected chi connectivity index (χ0v) is 9.78. The minimum atomic E-state index is -3.36. The Bertz CT molecular complexity index is 397. The minimum absolute atomic E-state index is 0.0525. The fraction of sp³-hybridized carbons (Fsp3) is 0.500. The van der Waals surface area contributed by atoms with E-state index in [9.17, 15) is 8.42 Å². The Morgan fingerprint density at radius 3 is 2.71 bits per heavy atom. The number of nitrogens with one attached hydrogen (secondary N) is 1. The van der Waals surface area contributed by atoms with Gasteiger partial charge >= 0.3 is 0 Å². The van der Waals surface area contributed by atoms with E-state index in [0.717, 1.165) is 17.8 Å². The maximum absolute atomic E-state index is 11.7. The van der Waals surface area contributed by atoms with Gasteiger partial charge in [0.2, 0.25) is 10.0 Å². The van der Waals surface area contributed by atoms with Crippen molar-refractivity contribution in [3.63, 3.8) is 0 Å². The lowest BCUT2D eigenvalue weighted by atomic mass is 10.3. The van der Waals surface area contributed by atoms with Crippen molar-refractivity contribution < 1.29 is 8.42 Å². The third-order valence-corrected chi connectivity index (χ3v) is 4.88. The zero-order valence-electron chi connectivity index (χ0n) is 8.15. The highest BCUT2D eigenvalue weighted by molar-refractivity contribution is 7.91. The number of hydrogen-bond acceptors (Lipinski definition) is 4. The number of thiophene rings is 1. The van der Waals surface area contributed by atoms with Crippen molar-refractivity contribution in [2.24, 2.45) is 0 Å². The molecule has 0 bridgehead atoms. The van der Waals surface area contributed by atoms with E-state index in [1.165, 1.54) is 6.07 Å². The van der Waals surface area contributed by atoms with Crippen LogP contribution in [-0.4, -0.2) is 14.5 Å². The summed E-state index contributed by atoms with van der Waals surface area (Å²) in [6.45, 7) is 3.75. The molecule has 1 aromatic rings. The van der Waals surface area contributed by atoms with Crippen LogP contribution in [0.5, 0.6) is 0 Å². The Balaban J connectivity index is 2.86. The first-order chi connectivity index (χ1) is 6.45. The van der Waals surface area contributed by atoms with Gasteiger partial charge in [0.15, 0.2) is 0 Å². The maximum Gasteiger partial charge on any atom is 0.250 e. The Labute approximate surface area is 88.2 Å². The average Bonchev–Trinajstić information content (AvgIpc) is 2.51. The van der Waals surface area contributed by atoms with Crippen molar-refractivity contribution in [2.75, 3.05) is 5.73 Å². The Morgan fingerprint density at radius 2 is 2.29 bits per heavy atom. The van der Waals surface area contributed by atoms with Crippen LogP contribution in [-0.2, 0) is 10.0 Å². The minimum Gasteiger partial charge on any atom is -0.398 e. The lowest BCUT2D eigenvalue weighted by Gasteiger charge is -2.10. The molecular weight excluding hydrogens is 220 g/mol. The van der Waals surface area contributed by atoms with Crippen LogP contribution < -0.4 is 10.5 Å². The molecule has 0 fully saturated rings. The SMILES string of the molecule is CCC(C)NS(=O)(=O)c1cc(N)cs1. The third kappa shape index (κ3) is 2.70. The van der Waals surface area contributed by atoms with E-state index in [-0.39, 0.29) is 10.3 Å². The first-order valence-electron chi connectivity index (χ1n) is 4.32. The molecule has 0 aromatic carbocycles. The highest BCUT2D eigenvalue weighted by atomic mass is 32.2. The molecule has 3 N–H and O–H groups in total. The summed E-state index contributed by atoms with van der Waals surface area (Å²) < 4.78 is 26.2. The van der Waals surface area contributed by atoms with Gasteiger partial charge in [-0.25, -0.2) is 13.1 Å². The molecule has 0 spiro atoms. The number of sulfonamides is 1. The van der Waals surface area contributed by atoms with Crippen LogP contribution in [0.3, 0.4) is 0 Å². The fourth-order valence-corrected chi connectivity index (χ4v) is 3.30. The monoisotopic (exact) mass is 234 g/mol. The topological polar surface area (TPSA) is 72.2 Å². The molecule has 0 radical (unpaired) electrons. The third-order valence-electron chi connectivity index (χ3n) is 1.83. The van der Waals surface area contributed by atoms with Gasteiger partial charge in [-0.15, -0.1) is 11.3 Å². The van der Waals surface area contributed by atoms with Crippen molar-refractivity contribution in [3.05, 3.63) is 11.4 Å². The molecular formula is C8H14N2O2S2. The van der Waals surface area contributed by atoms with E-state index in [0.29, 0.717) is 5.69 Å². The molecule has 0 saturated carbocycles. The molecule has 0 aliphatic carbocycles. The van der Waals surface area contributed by atoms with Crippen LogP contribution in [0.25, 0.3) is 0 Å². The van der Waals surface area contributed by atoms with Crippen LogP contribution in [0.1, 0.15) is 20.3 Å². The summed E-state index contributed by atoms with van der Waals surface area (Å²) in [5, 5.41) is 1.62. The molecule has 1 atom stereocenters. The van der Waals surface area contributed by atoms with Crippen molar-refractivity contribution in [1.82, 2.24) is 4.72 Å². The average molecular weight is 234 g/mol. The summed E-state index contributed by atoms with van der Waals surface area (Å²) in [4.78, 5) is 0. The summed E-state index contributed by atoms with van der Waals surface area (Å²) in [5.41, 5.74) is 5.94. The van der Waals surface area contributed by atoms with E-state index in [1.54, 1.807) is 5.38 Å². The van der Waals surface area contributed by atoms with Gasteiger partial charge in [0, 0.05) is 17.1 Å². The highest BCUT2D eigenvalue weighted by Crippen LogP contribution is 2.21. The number of rotatable bonds is 4. The lowest BCUT2D eigenvalue weighted by Crippen LogP contribution is -2.31. The first-order valence-corrected chi connectivity index (χ1v) is 6.68. The van der Waals surface area contributed by atoms with Gasteiger partial charge in [0.25, 0.3) is 0 Å². The van der Waals surface area contributed by atoms with Crippen molar-refractivity contribution in [1.29, 1.82) is 0 Å². The van der Waals surface area contributed by atoms with Gasteiger partial charge in [-0.2, -0.15) is 0 Å². The molecule has 0 saturated heterocycles. The molecule has 1 unspecified atom stereocenters. The number of nitrogen functional groups attached to an aromatic ring is 1. The normalized spacial score (nSPS) is 14.1. The predicted octanol–water partition coefficient (Wildman–Crippen LogP) is 1.41. The molecule has 4 nitrogen and oxygen atoms in total. The largest absolute Gasteiger partial charge is 0.398 e. The molecule has 1 heterocycles. The Morgan fingerprint density at radius 1 is 1.64 bits per heavy atom. The number of hydrogen-bond donors (Lipinski definition) is 2. The zero-order chi connectivity index (χ0) is 10.8. The smallest absolute Gasteiger partial charge is 0.250 e. The summed E-state index contributed by atoms with van der Waals surface area (Å²) in [7, 11) is -3.36. The second-order valence-corrected chi connectivity index (χ2v) is 5.98. The van der Waals surface area contributed by atoms with E-state index in [2.05, 4.69) is 4.72 Å². The number of nitrogens with two attached hydrogens (primary N) is 1. The molecule has 0 aliphatic heterocycles.